The van der Waals surface area contributed by atoms with Gasteiger partial charge in [-0.3, -0.25) is 4.79 Å². The van der Waals surface area contributed by atoms with Crippen LogP contribution in [-0.2, 0) is 0 Å². The number of nitrogens with zero attached hydrogens (tertiary/aromatic N) is 3. The summed E-state index contributed by atoms with van der Waals surface area (Å²) in [6, 6.07) is 5.91. The summed E-state index contributed by atoms with van der Waals surface area (Å²) in [5.74, 6) is 0.280. The number of benzene rings is 1. The topological polar surface area (TPSA) is 70.2 Å². The van der Waals surface area contributed by atoms with Gasteiger partial charge in [0.05, 0.1) is 5.56 Å². The lowest BCUT2D eigenvalue weighted by Gasteiger charge is -2.10. The molecule has 1 amide bonds. The second-order valence-electron chi connectivity index (χ2n) is 5.44. The van der Waals surface area contributed by atoms with E-state index in [1.54, 1.807) is 0 Å². The molecule has 0 aliphatic carbocycles. The number of amides is 1. The zero-order chi connectivity index (χ0) is 16.8. The van der Waals surface area contributed by atoms with Crippen LogP contribution in [0.3, 0.4) is 0 Å². The summed E-state index contributed by atoms with van der Waals surface area (Å²) >= 11 is 3.49. The Bertz CT molecular complexity index is 673. The fourth-order valence-electron chi connectivity index (χ4n) is 1.80. The Labute approximate surface area is 144 Å². The molecule has 0 aliphatic heterocycles. The number of nitrogens with one attached hydrogen (secondary N) is 2. The Morgan fingerprint density at radius 2 is 1.96 bits per heavy atom. The van der Waals surface area contributed by atoms with Gasteiger partial charge in [-0.15, -0.1) is 0 Å². The van der Waals surface area contributed by atoms with E-state index in [9.17, 15) is 4.79 Å². The lowest BCUT2D eigenvalue weighted by molar-refractivity contribution is 0.0950. The summed E-state index contributed by atoms with van der Waals surface area (Å²) in [6.45, 7) is 3.39. The molecule has 0 saturated carbocycles. The molecule has 0 radical (unpaired) electrons. The number of likely N-dealkylation sites (N-methyl/N-ethyl adjacent to an activating group) is 1. The molecular weight excluding hydrogens is 358 g/mol. The summed E-state index contributed by atoms with van der Waals surface area (Å²) < 4.78 is 1.01. The molecule has 0 spiro atoms. The number of carbonyl (C=O) groups is 1. The molecule has 1 heterocycles. The normalized spacial score (nSPS) is 10.7. The van der Waals surface area contributed by atoms with E-state index in [0.29, 0.717) is 18.1 Å². The van der Waals surface area contributed by atoms with Gasteiger partial charge in [0.25, 0.3) is 5.91 Å². The summed E-state index contributed by atoms with van der Waals surface area (Å²) in [6.07, 6.45) is 3.03. The average molecular weight is 378 g/mol. The maximum absolute atomic E-state index is 11.9. The number of rotatable bonds is 6. The van der Waals surface area contributed by atoms with Gasteiger partial charge in [0.1, 0.15) is 0 Å². The molecule has 0 bridgehead atoms. The summed E-state index contributed by atoms with van der Waals surface area (Å²) in [5, 5.41) is 5.93. The maximum atomic E-state index is 11.9. The highest BCUT2D eigenvalue weighted by Crippen LogP contribution is 2.22. The van der Waals surface area contributed by atoms with Crippen molar-refractivity contribution in [3.63, 3.8) is 0 Å². The minimum atomic E-state index is -0.170. The first-order valence-corrected chi connectivity index (χ1v) is 8.03. The first-order chi connectivity index (χ1) is 11.0. The Morgan fingerprint density at radius 1 is 1.26 bits per heavy atom. The van der Waals surface area contributed by atoms with E-state index in [1.165, 1.54) is 12.4 Å². The Balaban J connectivity index is 1.96. The van der Waals surface area contributed by atoms with Gasteiger partial charge in [-0.2, -0.15) is 0 Å². The number of aryl methyl sites for hydroxylation is 1. The third kappa shape index (κ3) is 5.30. The lowest BCUT2D eigenvalue weighted by atomic mass is 10.2. The van der Waals surface area contributed by atoms with Crippen LogP contribution in [0.25, 0.3) is 0 Å². The highest BCUT2D eigenvalue weighted by Gasteiger charge is 2.07. The molecule has 1 aromatic carbocycles. The summed E-state index contributed by atoms with van der Waals surface area (Å²) in [7, 11) is 3.92. The second kappa shape index (κ2) is 8.03. The summed E-state index contributed by atoms with van der Waals surface area (Å²) in [5.41, 5.74) is 2.48. The molecule has 122 valence electrons. The van der Waals surface area contributed by atoms with Gasteiger partial charge in [-0.25, -0.2) is 9.97 Å². The van der Waals surface area contributed by atoms with E-state index >= 15 is 0 Å². The zero-order valence-electron chi connectivity index (χ0n) is 13.4. The third-order valence-corrected chi connectivity index (χ3v) is 4.04. The third-order valence-electron chi connectivity index (χ3n) is 3.19. The summed E-state index contributed by atoms with van der Waals surface area (Å²) in [4.78, 5) is 22.3. The van der Waals surface area contributed by atoms with Gasteiger partial charge < -0.3 is 15.5 Å². The molecule has 6 nitrogen and oxygen atoms in total. The fraction of sp³-hybridized carbons (Fsp3) is 0.312. The number of anilines is 2. The molecule has 0 aliphatic rings. The van der Waals surface area contributed by atoms with E-state index in [2.05, 4.69) is 36.5 Å². The molecule has 0 fully saturated rings. The lowest BCUT2D eigenvalue weighted by Crippen LogP contribution is -2.31. The number of carbonyl (C=O) groups excluding carboxylic acids is 1. The molecule has 2 rings (SSSR count). The molecule has 0 atom stereocenters. The van der Waals surface area contributed by atoms with Crippen molar-refractivity contribution in [2.45, 2.75) is 6.92 Å². The predicted molar refractivity (Wildman–Crippen MR) is 95.1 cm³/mol. The Kier molecular flexibility index (Phi) is 6.06. The quantitative estimate of drug-likeness (QED) is 0.809. The number of halogens is 1. The van der Waals surface area contributed by atoms with E-state index < -0.39 is 0 Å². The van der Waals surface area contributed by atoms with E-state index in [1.807, 2.05) is 44.1 Å². The molecule has 2 aromatic rings. The zero-order valence-corrected chi connectivity index (χ0v) is 15.0. The van der Waals surface area contributed by atoms with Crippen molar-refractivity contribution in [3.05, 3.63) is 46.2 Å². The van der Waals surface area contributed by atoms with Crippen LogP contribution in [0.4, 0.5) is 11.6 Å². The predicted octanol–water partition coefficient (Wildman–Crippen LogP) is 2.58. The van der Waals surface area contributed by atoms with E-state index in [0.717, 1.165) is 22.3 Å². The Morgan fingerprint density at radius 3 is 2.57 bits per heavy atom. The van der Waals surface area contributed by atoms with Gasteiger partial charge in [0.15, 0.2) is 0 Å². The van der Waals surface area contributed by atoms with Gasteiger partial charge in [0, 0.05) is 35.6 Å². The second-order valence-corrected chi connectivity index (χ2v) is 6.30. The fourth-order valence-corrected chi connectivity index (χ4v) is 2.18. The van der Waals surface area contributed by atoms with Crippen molar-refractivity contribution in [1.29, 1.82) is 0 Å². The van der Waals surface area contributed by atoms with Crippen molar-refractivity contribution in [3.8, 4) is 0 Å². The van der Waals surface area contributed by atoms with Crippen molar-refractivity contribution in [2.24, 2.45) is 0 Å². The van der Waals surface area contributed by atoms with Crippen molar-refractivity contribution < 1.29 is 4.79 Å². The number of aromatic nitrogens is 2. The van der Waals surface area contributed by atoms with Gasteiger partial charge >= 0.3 is 0 Å². The highest BCUT2D eigenvalue weighted by atomic mass is 79.9. The van der Waals surface area contributed by atoms with Crippen molar-refractivity contribution in [1.82, 2.24) is 20.2 Å². The molecule has 7 heteroatoms. The van der Waals surface area contributed by atoms with Crippen LogP contribution < -0.4 is 10.6 Å². The molecular formula is C16H20BrN5O. The van der Waals surface area contributed by atoms with Gasteiger partial charge in [-0.05, 0) is 38.7 Å². The van der Waals surface area contributed by atoms with E-state index in [-0.39, 0.29) is 5.91 Å². The molecule has 1 aromatic heterocycles. The molecule has 2 N–H and O–H groups in total. The first-order valence-electron chi connectivity index (χ1n) is 7.24. The van der Waals surface area contributed by atoms with Gasteiger partial charge in [0.2, 0.25) is 5.95 Å². The molecule has 0 saturated heterocycles. The monoisotopic (exact) mass is 377 g/mol. The van der Waals surface area contributed by atoms with Crippen LogP contribution in [0, 0.1) is 6.92 Å². The Hall–Kier alpha value is -1.99. The largest absolute Gasteiger partial charge is 0.351 e. The smallest absolute Gasteiger partial charge is 0.254 e. The van der Waals surface area contributed by atoms with Crippen molar-refractivity contribution in [2.75, 3.05) is 32.5 Å². The minimum Gasteiger partial charge on any atom is -0.351 e. The maximum Gasteiger partial charge on any atom is 0.254 e. The van der Waals surface area contributed by atoms with Crippen LogP contribution in [0.2, 0.25) is 0 Å². The van der Waals surface area contributed by atoms with Crippen molar-refractivity contribution >= 4 is 33.5 Å². The van der Waals surface area contributed by atoms with Crippen LogP contribution in [0.5, 0.6) is 0 Å². The number of hydrogen-bond donors (Lipinski definition) is 2. The molecule has 0 unspecified atom stereocenters. The first kappa shape index (κ1) is 17.4. The van der Waals surface area contributed by atoms with E-state index in [4.69, 9.17) is 0 Å². The minimum absolute atomic E-state index is 0.170. The SMILES string of the molecule is Cc1ccc(Nc2ncc(C(=O)NCCN(C)C)cn2)cc1Br. The van der Waals surface area contributed by atoms with Gasteiger partial charge in [-0.1, -0.05) is 22.0 Å². The standard InChI is InChI=1S/C16H20BrN5O/c1-11-4-5-13(8-14(11)17)21-16-19-9-12(10-20-16)15(23)18-6-7-22(2)3/h4-5,8-10H,6-7H2,1-3H3,(H,18,23)(H,19,20,21). The van der Waals surface area contributed by atoms with Crippen LogP contribution in [0.1, 0.15) is 15.9 Å². The molecule has 23 heavy (non-hydrogen) atoms. The van der Waals surface area contributed by atoms with Crippen LogP contribution in [0.15, 0.2) is 35.1 Å². The van der Waals surface area contributed by atoms with Crippen LogP contribution in [-0.4, -0.2) is 48.0 Å². The highest BCUT2D eigenvalue weighted by molar-refractivity contribution is 9.10. The average Bonchev–Trinajstić information content (AvgIpc) is 2.51. The number of hydrogen-bond acceptors (Lipinski definition) is 5. The van der Waals surface area contributed by atoms with Crippen LogP contribution >= 0.6 is 15.9 Å².